The first-order chi connectivity index (χ1) is 13.1. The molecule has 0 radical (unpaired) electrons. The minimum Gasteiger partial charge on any atom is -0.475 e. The van der Waals surface area contributed by atoms with Gasteiger partial charge >= 0.3 is 0 Å². The highest BCUT2D eigenvalue weighted by molar-refractivity contribution is 6.15. The number of morpholine rings is 1. The second-order valence-corrected chi connectivity index (χ2v) is 7.87. The van der Waals surface area contributed by atoms with E-state index in [1.54, 1.807) is 0 Å². The summed E-state index contributed by atoms with van der Waals surface area (Å²) < 4.78 is 11.7. The van der Waals surface area contributed by atoms with E-state index in [0.717, 1.165) is 60.8 Å². The Labute approximate surface area is 159 Å². The maximum Gasteiger partial charge on any atom is 0.214 e. The molecule has 0 amide bonds. The van der Waals surface area contributed by atoms with E-state index in [1.165, 1.54) is 0 Å². The van der Waals surface area contributed by atoms with Crippen molar-refractivity contribution in [2.45, 2.75) is 44.9 Å². The van der Waals surface area contributed by atoms with Crippen LogP contribution in [0.1, 0.15) is 43.4 Å². The van der Waals surface area contributed by atoms with E-state index in [2.05, 4.69) is 20.9 Å². The van der Waals surface area contributed by atoms with Crippen molar-refractivity contribution in [3.8, 4) is 5.88 Å². The van der Waals surface area contributed by atoms with Crippen molar-refractivity contribution >= 4 is 11.5 Å². The zero-order valence-corrected chi connectivity index (χ0v) is 15.8. The highest BCUT2D eigenvalue weighted by Crippen LogP contribution is 2.42. The van der Waals surface area contributed by atoms with Crippen molar-refractivity contribution in [2.75, 3.05) is 24.6 Å². The second kappa shape index (κ2) is 6.30. The summed E-state index contributed by atoms with van der Waals surface area (Å²) in [7, 11) is 0. The first kappa shape index (κ1) is 16.7. The summed E-state index contributed by atoms with van der Waals surface area (Å²) in [6, 6.07) is 6.20. The van der Waals surface area contributed by atoms with Gasteiger partial charge in [-0.05, 0) is 38.8 Å². The Bertz CT molecular complexity index is 905. The maximum absolute atomic E-state index is 5.94. The summed E-state index contributed by atoms with van der Waals surface area (Å²) in [5, 5.41) is 0. The van der Waals surface area contributed by atoms with Crippen LogP contribution in [0.15, 0.2) is 35.6 Å². The fraction of sp³-hybridized carbons (Fsp3) is 0.476. The lowest BCUT2D eigenvalue weighted by atomic mass is 10.0. The Balaban J connectivity index is 1.43. The molecule has 2 aliphatic heterocycles. The zero-order chi connectivity index (χ0) is 18.4. The van der Waals surface area contributed by atoms with Crippen LogP contribution < -0.4 is 9.64 Å². The van der Waals surface area contributed by atoms with Crippen LogP contribution >= 0.6 is 0 Å². The van der Waals surface area contributed by atoms with Crippen molar-refractivity contribution in [1.29, 1.82) is 0 Å². The fourth-order valence-electron chi connectivity index (χ4n) is 3.83. The van der Waals surface area contributed by atoms with Crippen LogP contribution in [0.4, 0.5) is 5.82 Å². The lowest BCUT2D eigenvalue weighted by molar-refractivity contribution is 0.0204. The quantitative estimate of drug-likeness (QED) is 0.835. The largest absolute Gasteiger partial charge is 0.475 e. The molecule has 0 aromatic carbocycles. The zero-order valence-electron chi connectivity index (χ0n) is 15.8. The van der Waals surface area contributed by atoms with E-state index in [1.807, 2.05) is 38.4 Å². The normalized spacial score (nSPS) is 20.0. The molecule has 1 aliphatic carbocycles. The van der Waals surface area contributed by atoms with E-state index in [9.17, 15) is 0 Å². The number of hydrogen-bond donors (Lipinski definition) is 0. The number of pyridine rings is 2. The van der Waals surface area contributed by atoms with Gasteiger partial charge in [-0.3, -0.25) is 4.99 Å². The number of hydrogen-bond acceptors (Lipinski definition) is 6. The van der Waals surface area contributed by atoms with Gasteiger partial charge in [-0.25, -0.2) is 9.97 Å². The van der Waals surface area contributed by atoms with Gasteiger partial charge in [-0.2, -0.15) is 0 Å². The van der Waals surface area contributed by atoms with Gasteiger partial charge in [0.2, 0.25) is 5.88 Å². The number of nitrogens with zero attached hydrogens (tertiary/aromatic N) is 4. The molecule has 1 saturated carbocycles. The molecule has 6 nitrogen and oxygen atoms in total. The van der Waals surface area contributed by atoms with E-state index in [-0.39, 0.29) is 11.7 Å². The molecule has 1 spiro atoms. The van der Waals surface area contributed by atoms with E-state index < -0.39 is 0 Å². The molecule has 2 aromatic heterocycles. The first-order valence-corrected chi connectivity index (χ1v) is 9.68. The van der Waals surface area contributed by atoms with Crippen molar-refractivity contribution < 1.29 is 9.47 Å². The molecule has 0 unspecified atom stereocenters. The molecule has 27 heavy (non-hydrogen) atoms. The summed E-state index contributed by atoms with van der Waals surface area (Å²) >= 11 is 0. The van der Waals surface area contributed by atoms with Gasteiger partial charge < -0.3 is 14.4 Å². The predicted molar refractivity (Wildman–Crippen MR) is 104 cm³/mol. The fourth-order valence-corrected chi connectivity index (χ4v) is 3.83. The monoisotopic (exact) mass is 364 g/mol. The van der Waals surface area contributed by atoms with Crippen LogP contribution in [-0.4, -0.2) is 47.1 Å². The van der Waals surface area contributed by atoms with Crippen LogP contribution in [0.5, 0.6) is 5.88 Å². The molecule has 2 fully saturated rings. The van der Waals surface area contributed by atoms with Gasteiger partial charge in [0.15, 0.2) is 0 Å². The molecule has 140 valence electrons. The molecule has 1 saturated heterocycles. The molecule has 4 heterocycles. The highest BCUT2D eigenvalue weighted by Gasteiger charge is 2.47. The van der Waals surface area contributed by atoms with Crippen molar-refractivity contribution in [1.82, 2.24) is 9.97 Å². The number of fused-ring (bicyclic) bond motifs is 1. The van der Waals surface area contributed by atoms with Crippen LogP contribution in [0.2, 0.25) is 0 Å². The molecular weight excluding hydrogens is 340 g/mol. The molecule has 3 aliphatic rings. The van der Waals surface area contributed by atoms with Gasteiger partial charge in [0.1, 0.15) is 5.82 Å². The molecule has 0 bridgehead atoms. The molecule has 0 N–H and O–H groups in total. The molecular formula is C21H24N4O2. The lowest BCUT2D eigenvalue weighted by Crippen LogP contribution is -2.44. The van der Waals surface area contributed by atoms with Crippen LogP contribution in [0.3, 0.4) is 0 Å². The number of rotatable bonds is 4. The summed E-state index contributed by atoms with van der Waals surface area (Å²) in [6.45, 7) is 7.28. The summed E-state index contributed by atoms with van der Waals surface area (Å²) in [4.78, 5) is 16.1. The van der Waals surface area contributed by atoms with Gasteiger partial charge in [-0.1, -0.05) is 0 Å². The van der Waals surface area contributed by atoms with Crippen molar-refractivity contribution in [3.63, 3.8) is 0 Å². The molecule has 0 atom stereocenters. The van der Waals surface area contributed by atoms with Gasteiger partial charge in [0.05, 0.1) is 30.6 Å². The first-order valence-electron chi connectivity index (χ1n) is 9.68. The van der Waals surface area contributed by atoms with E-state index in [4.69, 9.17) is 14.5 Å². The van der Waals surface area contributed by atoms with Gasteiger partial charge in [0, 0.05) is 48.2 Å². The third kappa shape index (κ3) is 3.18. The summed E-state index contributed by atoms with van der Waals surface area (Å²) in [6.07, 6.45) is 6.18. The van der Waals surface area contributed by atoms with E-state index >= 15 is 0 Å². The SMILES string of the molecule is CC(C)Oc1cc2c(cn1)CN=C2c1ccnc(N2CCOC3(CC3)C2)c1. The Morgan fingerprint density at radius 1 is 1.22 bits per heavy atom. The minimum atomic E-state index is 0.0855. The number of aliphatic imine (C=N–C) groups is 1. The van der Waals surface area contributed by atoms with Crippen LogP contribution in [0.25, 0.3) is 0 Å². The minimum absolute atomic E-state index is 0.0855. The topological polar surface area (TPSA) is 59.8 Å². The Hall–Kier alpha value is -2.47. The average Bonchev–Trinajstić information content (AvgIpc) is 3.27. The van der Waals surface area contributed by atoms with Crippen LogP contribution in [-0.2, 0) is 11.3 Å². The van der Waals surface area contributed by atoms with Gasteiger partial charge in [0.25, 0.3) is 0 Å². The smallest absolute Gasteiger partial charge is 0.214 e. The molecule has 6 heteroatoms. The highest BCUT2D eigenvalue weighted by atomic mass is 16.5. The number of anilines is 1. The van der Waals surface area contributed by atoms with E-state index in [0.29, 0.717) is 12.4 Å². The summed E-state index contributed by atoms with van der Waals surface area (Å²) in [5.41, 5.74) is 4.43. The molecule has 2 aromatic rings. The maximum atomic E-state index is 5.94. The number of ether oxygens (including phenoxy) is 2. The number of aromatic nitrogens is 2. The van der Waals surface area contributed by atoms with Crippen molar-refractivity contribution in [2.24, 2.45) is 4.99 Å². The standard InChI is InChI=1S/C21H24N4O2/c1-14(2)27-19-10-17-16(11-23-19)12-24-20(17)15-3-6-22-18(9-15)25-7-8-26-21(13-25)4-5-21/h3,6,9-11,14H,4-5,7-8,12-13H2,1-2H3. The van der Waals surface area contributed by atoms with Crippen molar-refractivity contribution in [3.05, 3.63) is 47.3 Å². The molecule has 5 rings (SSSR count). The second-order valence-electron chi connectivity index (χ2n) is 7.87. The third-order valence-corrected chi connectivity index (χ3v) is 5.38. The third-order valence-electron chi connectivity index (χ3n) is 5.38. The summed E-state index contributed by atoms with van der Waals surface area (Å²) in [5.74, 6) is 1.66. The van der Waals surface area contributed by atoms with Crippen LogP contribution in [0, 0.1) is 0 Å². The Morgan fingerprint density at radius 2 is 2.11 bits per heavy atom. The Morgan fingerprint density at radius 3 is 2.93 bits per heavy atom. The van der Waals surface area contributed by atoms with Gasteiger partial charge in [-0.15, -0.1) is 0 Å². The lowest BCUT2D eigenvalue weighted by Gasteiger charge is -2.34. The average molecular weight is 364 g/mol. The Kier molecular flexibility index (Phi) is 3.90. The predicted octanol–water partition coefficient (Wildman–Crippen LogP) is 2.98.